The van der Waals surface area contributed by atoms with Crippen LogP contribution in [-0.4, -0.2) is 21.6 Å². The van der Waals surface area contributed by atoms with Crippen molar-refractivity contribution >= 4 is 56.2 Å². The second-order valence-electron chi connectivity index (χ2n) is 5.97. The maximum atomic E-state index is 12.2. The zero-order valence-electron chi connectivity index (χ0n) is 14.6. The second-order valence-corrected chi connectivity index (χ2v) is 9.04. The first-order valence-electron chi connectivity index (χ1n) is 8.42. The molecule has 1 amide bonds. The highest BCUT2D eigenvalue weighted by molar-refractivity contribution is 7.99. The van der Waals surface area contributed by atoms with Gasteiger partial charge in [0.15, 0.2) is 0 Å². The lowest BCUT2D eigenvalue weighted by molar-refractivity contribution is -0.113. The number of rotatable bonds is 6. The summed E-state index contributed by atoms with van der Waals surface area (Å²) in [4.78, 5) is 21.3. The van der Waals surface area contributed by atoms with Gasteiger partial charge in [0.05, 0.1) is 26.7 Å². The van der Waals surface area contributed by atoms with Crippen molar-refractivity contribution in [3.8, 4) is 10.6 Å². The summed E-state index contributed by atoms with van der Waals surface area (Å²) in [6.07, 6.45) is 0. The maximum absolute atomic E-state index is 12.2. The van der Waals surface area contributed by atoms with Crippen molar-refractivity contribution in [2.24, 2.45) is 0 Å². The molecule has 0 aliphatic carbocycles. The molecule has 4 rings (SSSR count). The van der Waals surface area contributed by atoms with Crippen molar-refractivity contribution in [3.05, 3.63) is 64.6 Å². The van der Waals surface area contributed by atoms with Gasteiger partial charge in [0.1, 0.15) is 5.01 Å². The molecule has 0 fully saturated rings. The van der Waals surface area contributed by atoms with Gasteiger partial charge in [0.2, 0.25) is 5.91 Å². The number of fused-ring (bicyclic) bond motifs is 1. The number of amides is 1. The molecule has 0 aliphatic rings. The number of benzene rings is 2. The average Bonchev–Trinajstić information content (AvgIpc) is 3.28. The molecule has 0 atom stereocenters. The zero-order valence-corrected chi connectivity index (χ0v) is 17.1. The summed E-state index contributed by atoms with van der Waals surface area (Å²) in [6.45, 7) is 1.99. The Morgan fingerprint density at radius 2 is 2.04 bits per heavy atom. The minimum absolute atomic E-state index is 0.00611. The highest BCUT2D eigenvalue weighted by Gasteiger charge is 2.08. The smallest absolute Gasteiger partial charge is 0.234 e. The van der Waals surface area contributed by atoms with Crippen LogP contribution in [0.3, 0.4) is 0 Å². The maximum Gasteiger partial charge on any atom is 0.234 e. The molecule has 0 spiro atoms. The van der Waals surface area contributed by atoms with Crippen LogP contribution >= 0.6 is 34.4 Å². The van der Waals surface area contributed by atoms with Crippen molar-refractivity contribution in [2.75, 3.05) is 11.1 Å². The third kappa shape index (κ3) is 4.55. The first kappa shape index (κ1) is 18.2. The molecule has 4 nitrogen and oxygen atoms in total. The van der Waals surface area contributed by atoms with E-state index in [1.165, 1.54) is 0 Å². The summed E-state index contributed by atoms with van der Waals surface area (Å²) in [7, 11) is 0. The van der Waals surface area contributed by atoms with Crippen LogP contribution in [0.25, 0.3) is 20.8 Å². The molecule has 0 saturated heterocycles. The Morgan fingerprint density at radius 1 is 1.15 bits per heavy atom. The van der Waals surface area contributed by atoms with Crippen LogP contribution < -0.4 is 5.32 Å². The molecule has 136 valence electrons. The van der Waals surface area contributed by atoms with Gasteiger partial charge in [-0.1, -0.05) is 24.3 Å². The molecule has 0 saturated carbocycles. The number of aryl methyl sites for hydroxylation is 1. The molecular weight excluding hydrogens is 394 g/mol. The van der Waals surface area contributed by atoms with Crippen molar-refractivity contribution in [1.82, 2.24) is 9.97 Å². The number of thiazole rings is 2. The molecule has 2 aromatic heterocycles. The Balaban J connectivity index is 1.39. The van der Waals surface area contributed by atoms with E-state index in [1.807, 2.05) is 54.8 Å². The first-order valence-corrected chi connectivity index (χ1v) is 11.3. The minimum atomic E-state index is -0.00611. The van der Waals surface area contributed by atoms with Crippen LogP contribution in [0.4, 0.5) is 5.69 Å². The predicted molar refractivity (Wildman–Crippen MR) is 117 cm³/mol. The van der Waals surface area contributed by atoms with Crippen molar-refractivity contribution in [1.29, 1.82) is 0 Å². The number of nitrogens with zero attached hydrogens (tertiary/aromatic N) is 2. The number of hydrogen-bond donors (Lipinski definition) is 1. The van der Waals surface area contributed by atoms with Gasteiger partial charge in [0, 0.05) is 22.4 Å². The molecule has 0 radical (unpaired) electrons. The summed E-state index contributed by atoms with van der Waals surface area (Å²) < 4.78 is 1.16. The fourth-order valence-electron chi connectivity index (χ4n) is 2.65. The van der Waals surface area contributed by atoms with Crippen LogP contribution in [0.15, 0.2) is 53.9 Å². The van der Waals surface area contributed by atoms with Crippen molar-refractivity contribution in [2.45, 2.75) is 12.7 Å². The van der Waals surface area contributed by atoms with E-state index < -0.39 is 0 Å². The number of aromatic nitrogens is 2. The van der Waals surface area contributed by atoms with E-state index in [1.54, 1.807) is 34.4 Å². The van der Waals surface area contributed by atoms with E-state index in [-0.39, 0.29) is 5.91 Å². The van der Waals surface area contributed by atoms with E-state index in [0.29, 0.717) is 5.75 Å². The third-order valence-corrected chi connectivity index (χ3v) is 6.71. The van der Waals surface area contributed by atoms with Crippen LogP contribution in [-0.2, 0) is 10.5 Å². The quantitative estimate of drug-likeness (QED) is 0.449. The second kappa shape index (κ2) is 8.21. The summed E-state index contributed by atoms with van der Waals surface area (Å²) in [5, 5.41) is 7.04. The lowest BCUT2D eigenvalue weighted by atomic mass is 10.2. The zero-order chi connectivity index (χ0) is 18.6. The minimum Gasteiger partial charge on any atom is -0.325 e. The Bertz CT molecular complexity index is 1050. The van der Waals surface area contributed by atoms with E-state index in [0.717, 1.165) is 42.9 Å². The molecule has 2 heterocycles. The van der Waals surface area contributed by atoms with Gasteiger partial charge in [0.25, 0.3) is 0 Å². The molecule has 7 heteroatoms. The van der Waals surface area contributed by atoms with Gasteiger partial charge in [-0.25, -0.2) is 9.97 Å². The number of anilines is 1. The lowest BCUT2D eigenvalue weighted by Crippen LogP contribution is -2.14. The van der Waals surface area contributed by atoms with Crippen LogP contribution in [0.2, 0.25) is 0 Å². The highest BCUT2D eigenvalue weighted by atomic mass is 32.2. The van der Waals surface area contributed by atoms with Crippen molar-refractivity contribution < 1.29 is 4.79 Å². The average molecular weight is 412 g/mol. The van der Waals surface area contributed by atoms with Gasteiger partial charge in [-0.2, -0.15) is 0 Å². The Labute approximate surface area is 169 Å². The summed E-state index contributed by atoms with van der Waals surface area (Å²) in [5.41, 5.74) is 3.84. The first-order chi connectivity index (χ1) is 13.2. The molecule has 0 aliphatic heterocycles. The number of carbonyl (C=O) groups is 1. The number of thioether (sulfide) groups is 1. The fraction of sp³-hybridized carbons (Fsp3) is 0.150. The molecule has 27 heavy (non-hydrogen) atoms. The molecule has 4 aromatic rings. The Hall–Kier alpha value is -2.22. The lowest BCUT2D eigenvalue weighted by Gasteiger charge is -2.06. The Morgan fingerprint density at radius 3 is 2.85 bits per heavy atom. The molecular formula is C20H17N3OS3. The summed E-state index contributed by atoms with van der Waals surface area (Å²) >= 11 is 4.87. The molecule has 2 aromatic carbocycles. The van der Waals surface area contributed by atoms with Gasteiger partial charge in [-0.15, -0.1) is 34.4 Å². The van der Waals surface area contributed by atoms with E-state index in [9.17, 15) is 4.79 Å². The van der Waals surface area contributed by atoms with Crippen molar-refractivity contribution in [3.63, 3.8) is 0 Å². The monoisotopic (exact) mass is 411 g/mol. The largest absolute Gasteiger partial charge is 0.325 e. The third-order valence-electron chi connectivity index (χ3n) is 3.84. The van der Waals surface area contributed by atoms with Gasteiger partial charge in [-0.05, 0) is 31.2 Å². The summed E-state index contributed by atoms with van der Waals surface area (Å²) in [6, 6.07) is 16.0. The Kier molecular flexibility index (Phi) is 5.52. The fourth-order valence-corrected chi connectivity index (χ4v) is 5.04. The highest BCUT2D eigenvalue weighted by Crippen LogP contribution is 2.31. The van der Waals surface area contributed by atoms with Crippen LogP contribution in [0, 0.1) is 6.92 Å². The molecule has 0 bridgehead atoms. The van der Waals surface area contributed by atoms with Gasteiger partial charge < -0.3 is 5.32 Å². The van der Waals surface area contributed by atoms with E-state index >= 15 is 0 Å². The van der Waals surface area contributed by atoms with Crippen LogP contribution in [0.5, 0.6) is 0 Å². The number of nitrogens with one attached hydrogen (secondary N) is 1. The van der Waals surface area contributed by atoms with E-state index in [4.69, 9.17) is 0 Å². The van der Waals surface area contributed by atoms with Crippen LogP contribution in [0.1, 0.15) is 10.7 Å². The molecule has 0 unspecified atom stereocenters. The molecule has 1 N–H and O–H groups in total. The number of para-hydroxylation sites is 1. The number of carbonyl (C=O) groups excluding carboxylic acids is 1. The SMILES string of the molecule is Cc1nc(CSCC(=O)Nc2cccc(-c3nc4ccccc4s3)c2)cs1. The normalized spacial score (nSPS) is 11.0. The standard InChI is InChI=1S/C20H17N3OS3/c1-13-21-16(11-26-13)10-25-12-19(24)22-15-6-4-5-14(9-15)20-23-17-7-2-3-8-18(17)27-20/h2-9,11H,10,12H2,1H3,(H,22,24). The number of hydrogen-bond acceptors (Lipinski definition) is 6. The predicted octanol–water partition coefficient (Wildman–Crippen LogP) is 5.60. The summed E-state index contributed by atoms with van der Waals surface area (Å²) in [5.74, 6) is 1.15. The van der Waals surface area contributed by atoms with Gasteiger partial charge in [-0.3, -0.25) is 4.79 Å². The van der Waals surface area contributed by atoms with Gasteiger partial charge >= 0.3 is 0 Å². The van der Waals surface area contributed by atoms with E-state index in [2.05, 4.69) is 21.4 Å². The topological polar surface area (TPSA) is 54.9 Å².